The molecule has 0 amide bonds. The largest absolute Gasteiger partial charge is 0.461 e. The molecule has 0 saturated heterocycles. The molecule has 0 aromatic rings. The number of alkyl halides is 3. The van der Waals surface area contributed by atoms with E-state index in [2.05, 4.69) is 11.3 Å². The van der Waals surface area contributed by atoms with Crippen LogP contribution in [0.25, 0.3) is 0 Å². The van der Waals surface area contributed by atoms with Crippen molar-refractivity contribution >= 4 is 40.8 Å². The lowest BCUT2D eigenvalue weighted by atomic mass is 10.2. The van der Waals surface area contributed by atoms with Crippen molar-refractivity contribution in [3.05, 3.63) is 12.7 Å². The summed E-state index contributed by atoms with van der Waals surface area (Å²) in [7, 11) is 0. The molecule has 2 nitrogen and oxygen atoms in total. The van der Waals surface area contributed by atoms with Gasteiger partial charge in [-0.1, -0.05) is 40.9 Å². The Labute approximate surface area is 92.8 Å². The van der Waals surface area contributed by atoms with E-state index >= 15 is 0 Å². The zero-order chi connectivity index (χ0) is 10.3. The second kappa shape index (κ2) is 6.52. The predicted molar refractivity (Wildman–Crippen MR) is 55.3 cm³/mol. The van der Waals surface area contributed by atoms with Crippen LogP contribution in [-0.2, 0) is 9.53 Å². The van der Waals surface area contributed by atoms with E-state index in [0.29, 0.717) is 12.8 Å². The summed E-state index contributed by atoms with van der Waals surface area (Å²) in [5, 5.41) is 0. The summed E-state index contributed by atoms with van der Waals surface area (Å²) in [6, 6.07) is 0. The van der Waals surface area contributed by atoms with E-state index in [0.717, 1.165) is 6.42 Å². The number of esters is 1. The third-order valence-corrected chi connectivity index (χ3v) is 1.51. The van der Waals surface area contributed by atoms with Gasteiger partial charge >= 0.3 is 5.97 Å². The Hall–Kier alpha value is 0.0800. The van der Waals surface area contributed by atoms with Gasteiger partial charge in [-0.2, -0.15) is 0 Å². The second-order valence-electron chi connectivity index (χ2n) is 2.46. The zero-order valence-corrected chi connectivity index (χ0v) is 9.33. The molecule has 0 fully saturated rings. The van der Waals surface area contributed by atoms with Gasteiger partial charge in [-0.25, -0.2) is 0 Å². The normalized spacial score (nSPS) is 11.0. The number of carbonyl (C=O) groups is 1. The number of hydrogen-bond acceptors (Lipinski definition) is 2. The minimum absolute atomic E-state index is 0.204. The van der Waals surface area contributed by atoms with Crippen molar-refractivity contribution in [2.75, 3.05) is 6.61 Å². The molecule has 0 heterocycles. The summed E-state index contributed by atoms with van der Waals surface area (Å²) in [6.07, 6.45) is 3.56. The fourth-order valence-electron chi connectivity index (χ4n) is 0.625. The molecule has 0 aliphatic heterocycles. The van der Waals surface area contributed by atoms with E-state index in [9.17, 15) is 4.79 Å². The van der Waals surface area contributed by atoms with Gasteiger partial charge in [-0.05, 0) is 12.8 Å². The Morgan fingerprint density at radius 1 is 1.46 bits per heavy atom. The lowest BCUT2D eigenvalue weighted by molar-refractivity contribution is -0.143. The molecule has 0 aliphatic carbocycles. The topological polar surface area (TPSA) is 26.3 Å². The average Bonchev–Trinajstić information content (AvgIpc) is 2.00. The van der Waals surface area contributed by atoms with Crippen molar-refractivity contribution in [1.82, 2.24) is 0 Å². The number of rotatable bonds is 5. The molecule has 0 saturated carbocycles. The molecule has 0 radical (unpaired) electrons. The summed E-state index contributed by atoms with van der Waals surface area (Å²) < 4.78 is 3.16. The van der Waals surface area contributed by atoms with Crippen molar-refractivity contribution in [3.63, 3.8) is 0 Å². The van der Waals surface area contributed by atoms with Crippen LogP contribution in [0.3, 0.4) is 0 Å². The van der Waals surface area contributed by atoms with Crippen molar-refractivity contribution < 1.29 is 9.53 Å². The Morgan fingerprint density at radius 3 is 2.54 bits per heavy atom. The first-order chi connectivity index (χ1) is 5.95. The van der Waals surface area contributed by atoms with Crippen molar-refractivity contribution in [1.29, 1.82) is 0 Å². The van der Waals surface area contributed by atoms with Gasteiger partial charge in [0.1, 0.15) is 6.61 Å². The first-order valence-electron chi connectivity index (χ1n) is 3.79. The Morgan fingerprint density at radius 2 is 2.08 bits per heavy atom. The SMILES string of the molecule is C=CCCCC(=O)OCC(Cl)(Cl)Cl. The molecule has 0 aromatic heterocycles. The zero-order valence-electron chi connectivity index (χ0n) is 7.06. The smallest absolute Gasteiger partial charge is 0.305 e. The van der Waals surface area contributed by atoms with E-state index in [4.69, 9.17) is 34.8 Å². The van der Waals surface area contributed by atoms with Gasteiger partial charge in [0.2, 0.25) is 3.79 Å². The summed E-state index contributed by atoms with van der Waals surface area (Å²) >= 11 is 16.1. The molecule has 0 rings (SSSR count). The van der Waals surface area contributed by atoms with Gasteiger partial charge in [0.15, 0.2) is 0 Å². The number of carbonyl (C=O) groups excluding carboxylic acids is 1. The molecular weight excluding hydrogens is 234 g/mol. The predicted octanol–water partition coefficient (Wildman–Crippen LogP) is 3.26. The Kier molecular flexibility index (Phi) is 6.56. The summed E-state index contributed by atoms with van der Waals surface area (Å²) in [5.74, 6) is -0.354. The second-order valence-corrected chi connectivity index (χ2v) is 4.97. The van der Waals surface area contributed by atoms with E-state index in [1.807, 2.05) is 0 Å². The molecule has 0 aromatic carbocycles. The van der Waals surface area contributed by atoms with E-state index in [-0.39, 0.29) is 12.6 Å². The quantitative estimate of drug-likeness (QED) is 0.322. The fraction of sp³-hybridized carbons (Fsp3) is 0.625. The van der Waals surface area contributed by atoms with Gasteiger partial charge in [-0.3, -0.25) is 4.79 Å². The Bertz CT molecular complexity index is 175. The van der Waals surface area contributed by atoms with Crippen LogP contribution in [0.4, 0.5) is 0 Å². The third kappa shape index (κ3) is 10.00. The standard InChI is InChI=1S/C8H11Cl3O2/c1-2-3-4-5-7(12)13-6-8(9,10)11/h2H,1,3-6H2. The molecular formula is C8H11Cl3O2. The van der Waals surface area contributed by atoms with E-state index in [1.54, 1.807) is 6.08 Å². The maximum atomic E-state index is 10.9. The highest BCUT2D eigenvalue weighted by Gasteiger charge is 2.21. The van der Waals surface area contributed by atoms with E-state index in [1.165, 1.54) is 0 Å². The van der Waals surface area contributed by atoms with Crippen LogP contribution in [-0.4, -0.2) is 16.4 Å². The molecule has 13 heavy (non-hydrogen) atoms. The molecule has 0 N–H and O–H groups in total. The minimum atomic E-state index is -1.52. The lowest BCUT2D eigenvalue weighted by Gasteiger charge is -2.10. The molecule has 0 spiro atoms. The van der Waals surface area contributed by atoms with Crippen LogP contribution in [0.1, 0.15) is 19.3 Å². The summed E-state index contributed by atoms with van der Waals surface area (Å²) in [5.41, 5.74) is 0. The van der Waals surface area contributed by atoms with Crippen LogP contribution < -0.4 is 0 Å². The number of ether oxygens (including phenoxy) is 1. The van der Waals surface area contributed by atoms with E-state index < -0.39 is 3.79 Å². The van der Waals surface area contributed by atoms with Gasteiger partial charge in [-0.15, -0.1) is 6.58 Å². The first-order valence-corrected chi connectivity index (χ1v) is 4.92. The summed E-state index contributed by atoms with van der Waals surface area (Å²) in [6.45, 7) is 3.32. The molecule has 0 atom stereocenters. The monoisotopic (exact) mass is 244 g/mol. The highest BCUT2D eigenvalue weighted by molar-refractivity contribution is 6.67. The van der Waals surface area contributed by atoms with Gasteiger partial charge in [0.05, 0.1) is 0 Å². The van der Waals surface area contributed by atoms with Crippen molar-refractivity contribution in [2.24, 2.45) is 0 Å². The summed E-state index contributed by atoms with van der Waals surface area (Å²) in [4.78, 5) is 10.9. The molecule has 0 bridgehead atoms. The molecule has 5 heteroatoms. The maximum Gasteiger partial charge on any atom is 0.305 e. The molecule has 0 aliphatic rings. The third-order valence-electron chi connectivity index (χ3n) is 1.19. The van der Waals surface area contributed by atoms with Gasteiger partial charge in [0.25, 0.3) is 0 Å². The maximum absolute atomic E-state index is 10.9. The van der Waals surface area contributed by atoms with Crippen LogP contribution in [0.15, 0.2) is 12.7 Å². The van der Waals surface area contributed by atoms with Crippen LogP contribution in [0.5, 0.6) is 0 Å². The number of hydrogen-bond donors (Lipinski definition) is 0. The average molecular weight is 246 g/mol. The van der Waals surface area contributed by atoms with Crippen LogP contribution >= 0.6 is 34.8 Å². The van der Waals surface area contributed by atoms with Crippen LogP contribution in [0, 0.1) is 0 Å². The highest BCUT2D eigenvalue weighted by Crippen LogP contribution is 2.26. The number of unbranched alkanes of at least 4 members (excludes halogenated alkanes) is 1. The number of halogens is 3. The van der Waals surface area contributed by atoms with Gasteiger partial charge in [0, 0.05) is 6.42 Å². The van der Waals surface area contributed by atoms with Crippen molar-refractivity contribution in [3.8, 4) is 0 Å². The molecule has 0 unspecified atom stereocenters. The number of allylic oxidation sites excluding steroid dienone is 1. The molecule has 76 valence electrons. The highest BCUT2D eigenvalue weighted by atomic mass is 35.6. The minimum Gasteiger partial charge on any atom is -0.461 e. The van der Waals surface area contributed by atoms with Crippen LogP contribution in [0.2, 0.25) is 0 Å². The Balaban J connectivity index is 3.46. The first kappa shape index (κ1) is 13.1. The van der Waals surface area contributed by atoms with Gasteiger partial charge < -0.3 is 4.74 Å². The fourth-order valence-corrected chi connectivity index (χ4v) is 0.789. The van der Waals surface area contributed by atoms with Crippen molar-refractivity contribution in [2.45, 2.75) is 23.1 Å². The lowest BCUT2D eigenvalue weighted by Crippen LogP contribution is -2.16.